The third kappa shape index (κ3) is 5.17. The fourth-order valence-corrected chi connectivity index (χ4v) is 1.65. The van der Waals surface area contributed by atoms with Gasteiger partial charge in [-0.3, -0.25) is 0 Å². The minimum atomic E-state index is -0.270. The van der Waals surface area contributed by atoms with E-state index in [4.69, 9.17) is 15.2 Å². The lowest BCUT2D eigenvalue weighted by Crippen LogP contribution is -2.22. The second kappa shape index (κ2) is 6.35. The Morgan fingerprint density at radius 2 is 1.89 bits per heavy atom. The molecule has 0 fully saturated rings. The van der Waals surface area contributed by atoms with Crippen molar-refractivity contribution in [2.24, 2.45) is 5.73 Å². The number of hydrogen-bond donors (Lipinski definition) is 1. The van der Waals surface area contributed by atoms with Crippen molar-refractivity contribution < 1.29 is 13.9 Å². The molecular weight excluding hydrogens is 245 g/mol. The Bertz CT molecular complexity index is 425. The van der Waals surface area contributed by atoms with E-state index in [1.54, 1.807) is 13.0 Å². The molecule has 19 heavy (non-hydrogen) atoms. The number of halogens is 1. The minimum Gasteiger partial charge on any atom is -0.491 e. The van der Waals surface area contributed by atoms with Crippen LogP contribution in [0.4, 0.5) is 4.39 Å². The molecule has 0 radical (unpaired) electrons. The average molecular weight is 269 g/mol. The van der Waals surface area contributed by atoms with Gasteiger partial charge in [0.2, 0.25) is 0 Å². The van der Waals surface area contributed by atoms with Crippen LogP contribution in [0.3, 0.4) is 0 Å². The number of hydrogen-bond acceptors (Lipinski definition) is 3. The first-order valence-corrected chi connectivity index (χ1v) is 6.53. The quantitative estimate of drug-likeness (QED) is 0.834. The molecule has 0 aromatic heterocycles. The molecule has 2 N–H and O–H groups in total. The van der Waals surface area contributed by atoms with Gasteiger partial charge in [0, 0.05) is 11.6 Å². The molecule has 3 nitrogen and oxygen atoms in total. The summed E-state index contributed by atoms with van der Waals surface area (Å²) in [7, 11) is 0. The number of rotatable bonds is 5. The maximum Gasteiger partial charge on any atom is 0.126 e. The van der Waals surface area contributed by atoms with Crippen molar-refractivity contribution in [3.05, 3.63) is 29.1 Å². The van der Waals surface area contributed by atoms with E-state index < -0.39 is 0 Å². The summed E-state index contributed by atoms with van der Waals surface area (Å²) < 4.78 is 24.8. The van der Waals surface area contributed by atoms with E-state index in [1.807, 2.05) is 27.7 Å². The van der Waals surface area contributed by atoms with E-state index in [0.717, 1.165) is 0 Å². The molecule has 4 heteroatoms. The van der Waals surface area contributed by atoms with Crippen LogP contribution >= 0.6 is 0 Å². The largest absolute Gasteiger partial charge is 0.491 e. The van der Waals surface area contributed by atoms with Crippen LogP contribution in [-0.2, 0) is 4.74 Å². The average Bonchev–Trinajstić information content (AvgIpc) is 2.27. The molecule has 0 saturated heterocycles. The van der Waals surface area contributed by atoms with Gasteiger partial charge >= 0.3 is 0 Å². The molecule has 0 bridgehead atoms. The molecule has 0 amide bonds. The summed E-state index contributed by atoms with van der Waals surface area (Å²) in [6.07, 6.45) is 0. The molecule has 0 aliphatic rings. The highest BCUT2D eigenvalue weighted by atomic mass is 19.1. The maximum atomic E-state index is 13.5. The van der Waals surface area contributed by atoms with Gasteiger partial charge in [-0.25, -0.2) is 4.39 Å². The first-order valence-electron chi connectivity index (χ1n) is 6.53. The Balaban J connectivity index is 2.69. The van der Waals surface area contributed by atoms with Gasteiger partial charge in [0.25, 0.3) is 0 Å². The van der Waals surface area contributed by atoms with Gasteiger partial charge in [-0.05, 0) is 52.3 Å². The van der Waals surface area contributed by atoms with Crippen LogP contribution in [0.1, 0.15) is 44.9 Å². The Hall–Kier alpha value is -1.13. The zero-order chi connectivity index (χ0) is 14.6. The van der Waals surface area contributed by atoms with E-state index >= 15 is 0 Å². The van der Waals surface area contributed by atoms with Crippen LogP contribution in [-0.4, -0.2) is 18.8 Å². The van der Waals surface area contributed by atoms with Crippen LogP contribution in [0.2, 0.25) is 0 Å². The lowest BCUT2D eigenvalue weighted by molar-refractivity contribution is -0.0164. The molecule has 1 aromatic rings. The Labute approximate surface area is 114 Å². The number of ether oxygens (including phenoxy) is 2. The molecule has 0 aliphatic carbocycles. The van der Waals surface area contributed by atoms with Gasteiger partial charge in [0.1, 0.15) is 18.2 Å². The van der Waals surface area contributed by atoms with Gasteiger partial charge in [-0.15, -0.1) is 0 Å². The van der Waals surface area contributed by atoms with Crippen LogP contribution < -0.4 is 10.5 Å². The lowest BCUT2D eigenvalue weighted by atomic mass is 10.1. The van der Waals surface area contributed by atoms with Gasteiger partial charge in [-0.2, -0.15) is 0 Å². The number of aryl methyl sites for hydroxylation is 1. The van der Waals surface area contributed by atoms with Crippen LogP contribution in [0.25, 0.3) is 0 Å². The maximum absolute atomic E-state index is 13.5. The van der Waals surface area contributed by atoms with Crippen LogP contribution in [0.15, 0.2) is 12.1 Å². The van der Waals surface area contributed by atoms with E-state index in [-0.39, 0.29) is 17.5 Å². The van der Waals surface area contributed by atoms with Crippen molar-refractivity contribution in [3.8, 4) is 5.75 Å². The summed E-state index contributed by atoms with van der Waals surface area (Å²) in [4.78, 5) is 0. The molecule has 0 saturated carbocycles. The van der Waals surface area contributed by atoms with Crippen molar-refractivity contribution in [2.45, 2.75) is 46.3 Å². The minimum absolute atomic E-state index is 0.188. The zero-order valence-corrected chi connectivity index (χ0v) is 12.4. The van der Waals surface area contributed by atoms with Crippen molar-refractivity contribution >= 4 is 0 Å². The Morgan fingerprint density at radius 3 is 2.42 bits per heavy atom. The van der Waals surface area contributed by atoms with Gasteiger partial charge < -0.3 is 15.2 Å². The highest BCUT2D eigenvalue weighted by Gasteiger charge is 2.13. The molecule has 0 heterocycles. The molecular formula is C15H24FNO2. The topological polar surface area (TPSA) is 44.5 Å². The monoisotopic (exact) mass is 269 g/mol. The summed E-state index contributed by atoms with van der Waals surface area (Å²) in [5.41, 5.74) is 6.87. The summed E-state index contributed by atoms with van der Waals surface area (Å²) in [6.45, 7) is 10.4. The molecule has 0 spiro atoms. The van der Waals surface area contributed by atoms with E-state index in [1.165, 1.54) is 6.07 Å². The van der Waals surface area contributed by atoms with Crippen molar-refractivity contribution in [2.75, 3.05) is 13.2 Å². The van der Waals surface area contributed by atoms with Gasteiger partial charge in [0.15, 0.2) is 0 Å². The van der Waals surface area contributed by atoms with E-state index in [9.17, 15) is 4.39 Å². The van der Waals surface area contributed by atoms with Crippen LogP contribution in [0, 0.1) is 12.7 Å². The lowest BCUT2D eigenvalue weighted by Gasteiger charge is -2.20. The molecule has 1 aromatic carbocycles. The SMILES string of the molecule is Cc1cc(OCCOC(C)(C)C)c(C(C)N)cc1F. The summed E-state index contributed by atoms with van der Waals surface area (Å²) in [5, 5.41) is 0. The molecule has 1 atom stereocenters. The summed E-state index contributed by atoms with van der Waals surface area (Å²) >= 11 is 0. The van der Waals surface area contributed by atoms with Crippen molar-refractivity contribution in [1.29, 1.82) is 0 Å². The highest BCUT2D eigenvalue weighted by molar-refractivity contribution is 5.39. The predicted octanol–water partition coefficient (Wildman–Crippen LogP) is 3.35. The molecule has 0 aliphatic heterocycles. The highest BCUT2D eigenvalue weighted by Crippen LogP contribution is 2.27. The fraction of sp³-hybridized carbons (Fsp3) is 0.600. The predicted molar refractivity (Wildman–Crippen MR) is 74.9 cm³/mol. The normalized spacial score (nSPS) is 13.4. The smallest absolute Gasteiger partial charge is 0.126 e. The molecule has 1 unspecified atom stereocenters. The van der Waals surface area contributed by atoms with Crippen molar-refractivity contribution in [1.82, 2.24) is 0 Å². The third-order valence-electron chi connectivity index (χ3n) is 2.66. The Morgan fingerprint density at radius 1 is 1.26 bits per heavy atom. The summed E-state index contributed by atoms with van der Waals surface area (Å²) in [6, 6.07) is 2.86. The van der Waals surface area contributed by atoms with Crippen molar-refractivity contribution in [3.63, 3.8) is 0 Å². The van der Waals surface area contributed by atoms with Crippen LogP contribution in [0.5, 0.6) is 5.75 Å². The molecule has 1 rings (SSSR count). The molecule has 108 valence electrons. The second-order valence-corrected chi connectivity index (χ2v) is 5.74. The first-order chi connectivity index (χ1) is 8.70. The van der Waals surface area contributed by atoms with Gasteiger partial charge in [-0.1, -0.05) is 0 Å². The standard InChI is InChI=1S/C15H24FNO2/c1-10-8-14(12(11(2)17)9-13(10)16)18-6-7-19-15(3,4)5/h8-9,11H,6-7,17H2,1-5H3. The van der Waals surface area contributed by atoms with E-state index in [2.05, 4.69) is 0 Å². The fourth-order valence-electron chi connectivity index (χ4n) is 1.65. The second-order valence-electron chi connectivity index (χ2n) is 5.74. The Kier molecular flexibility index (Phi) is 5.32. The summed E-state index contributed by atoms with van der Waals surface area (Å²) in [5.74, 6) is 0.372. The number of nitrogens with two attached hydrogens (primary N) is 1. The third-order valence-corrected chi connectivity index (χ3v) is 2.66. The number of benzene rings is 1. The zero-order valence-electron chi connectivity index (χ0n) is 12.4. The first kappa shape index (κ1) is 15.9. The van der Waals surface area contributed by atoms with E-state index in [0.29, 0.717) is 30.1 Å². The van der Waals surface area contributed by atoms with Gasteiger partial charge in [0.05, 0.1) is 12.2 Å².